The molecule has 6 nitrogen and oxygen atoms in total. The van der Waals surface area contributed by atoms with Crippen LogP contribution in [0.25, 0.3) is 0 Å². The summed E-state index contributed by atoms with van der Waals surface area (Å²) < 4.78 is 61.7. The highest BCUT2D eigenvalue weighted by Crippen LogP contribution is 2.40. The SMILES string of the molecule is CS(=O)(=O)c1ccc(C(=O)C(C(=O)C2CC2)c2nnc(C(F)(F)F)s2)c(Cl)c1. The third-order valence-electron chi connectivity index (χ3n) is 4.09. The van der Waals surface area contributed by atoms with Crippen molar-refractivity contribution in [1.82, 2.24) is 10.2 Å². The Balaban J connectivity index is 2.03. The fraction of sp³-hybridized carbons (Fsp3) is 0.375. The summed E-state index contributed by atoms with van der Waals surface area (Å²) in [7, 11) is -3.58. The first-order valence-corrected chi connectivity index (χ1v) is 11.0. The number of benzene rings is 1. The van der Waals surface area contributed by atoms with Crippen LogP contribution in [-0.2, 0) is 20.8 Å². The van der Waals surface area contributed by atoms with Crippen LogP contribution in [0.2, 0.25) is 5.02 Å². The van der Waals surface area contributed by atoms with E-state index >= 15 is 0 Å². The van der Waals surface area contributed by atoms with Crippen LogP contribution in [0.4, 0.5) is 13.2 Å². The molecule has 1 aromatic heterocycles. The average molecular weight is 453 g/mol. The van der Waals surface area contributed by atoms with Gasteiger partial charge in [-0.15, -0.1) is 10.2 Å². The summed E-state index contributed by atoms with van der Waals surface area (Å²) in [6.07, 6.45) is -2.72. The molecule has 1 aliphatic rings. The van der Waals surface area contributed by atoms with Crippen LogP contribution in [0.15, 0.2) is 23.1 Å². The minimum atomic E-state index is -4.75. The highest BCUT2D eigenvalue weighted by atomic mass is 35.5. The van der Waals surface area contributed by atoms with E-state index in [2.05, 4.69) is 10.2 Å². The molecule has 150 valence electrons. The van der Waals surface area contributed by atoms with Gasteiger partial charge in [-0.05, 0) is 31.0 Å². The van der Waals surface area contributed by atoms with E-state index in [-0.39, 0.29) is 31.8 Å². The maximum absolute atomic E-state index is 13.0. The fourth-order valence-corrected chi connectivity index (χ4v) is 4.32. The van der Waals surface area contributed by atoms with Crippen LogP contribution in [0.5, 0.6) is 0 Å². The number of hydrogen-bond acceptors (Lipinski definition) is 7. The molecule has 0 amide bonds. The van der Waals surface area contributed by atoms with Crippen LogP contribution in [0, 0.1) is 5.92 Å². The molecule has 0 saturated heterocycles. The number of ketones is 2. The van der Waals surface area contributed by atoms with Gasteiger partial charge in [-0.25, -0.2) is 8.42 Å². The molecule has 1 unspecified atom stereocenters. The van der Waals surface area contributed by atoms with Crippen LogP contribution in [0.1, 0.15) is 39.1 Å². The van der Waals surface area contributed by atoms with Crippen LogP contribution >= 0.6 is 22.9 Å². The topological polar surface area (TPSA) is 94.1 Å². The van der Waals surface area contributed by atoms with Crippen molar-refractivity contribution in [2.75, 3.05) is 6.26 Å². The van der Waals surface area contributed by atoms with Crippen molar-refractivity contribution in [3.8, 4) is 0 Å². The minimum absolute atomic E-state index is 0.130. The van der Waals surface area contributed by atoms with E-state index in [9.17, 15) is 31.2 Å². The molecule has 1 fully saturated rings. The van der Waals surface area contributed by atoms with Crippen molar-refractivity contribution in [2.45, 2.75) is 29.8 Å². The van der Waals surface area contributed by atoms with Crippen molar-refractivity contribution >= 4 is 44.3 Å². The standard InChI is InChI=1S/C16H12ClF3N2O4S2/c1-28(25,26)8-4-5-9(10(17)6-8)13(24)11(12(23)7-2-3-7)14-21-22-15(27-14)16(18,19)20/h4-7,11H,2-3H2,1H3. The molecule has 28 heavy (non-hydrogen) atoms. The molecule has 0 bridgehead atoms. The van der Waals surface area contributed by atoms with E-state index < -0.39 is 44.4 Å². The quantitative estimate of drug-likeness (QED) is 0.491. The Bertz CT molecular complexity index is 1060. The Hall–Kier alpha value is -1.85. The molecular formula is C16H12ClF3N2O4S2. The van der Waals surface area contributed by atoms with E-state index in [4.69, 9.17) is 11.6 Å². The molecule has 0 aliphatic heterocycles. The lowest BCUT2D eigenvalue weighted by Gasteiger charge is -2.13. The Morgan fingerprint density at radius 1 is 1.25 bits per heavy atom. The number of rotatable bonds is 6. The molecule has 1 heterocycles. The van der Waals surface area contributed by atoms with Crippen molar-refractivity contribution in [3.63, 3.8) is 0 Å². The zero-order chi connectivity index (χ0) is 20.9. The van der Waals surface area contributed by atoms with Crippen molar-refractivity contribution < 1.29 is 31.2 Å². The second-order valence-electron chi connectivity index (χ2n) is 6.33. The summed E-state index contributed by atoms with van der Waals surface area (Å²) in [6, 6.07) is 3.35. The van der Waals surface area contributed by atoms with Gasteiger partial charge in [0.25, 0.3) is 0 Å². The normalized spacial score (nSPS) is 16.0. The molecule has 1 atom stereocenters. The van der Waals surface area contributed by atoms with E-state index in [1.807, 2.05) is 0 Å². The number of carbonyl (C=O) groups is 2. The van der Waals surface area contributed by atoms with E-state index in [1.54, 1.807) is 0 Å². The lowest BCUT2D eigenvalue weighted by molar-refractivity contribution is -0.138. The van der Waals surface area contributed by atoms with Gasteiger partial charge in [0.2, 0.25) is 5.01 Å². The number of sulfone groups is 1. The average Bonchev–Trinajstić information content (AvgIpc) is 3.31. The third-order valence-corrected chi connectivity index (χ3v) is 6.55. The van der Waals surface area contributed by atoms with Gasteiger partial charge >= 0.3 is 6.18 Å². The van der Waals surface area contributed by atoms with Crippen LogP contribution in [0.3, 0.4) is 0 Å². The molecule has 0 spiro atoms. The Morgan fingerprint density at radius 3 is 2.36 bits per heavy atom. The minimum Gasteiger partial charge on any atom is -0.298 e. The lowest BCUT2D eigenvalue weighted by Crippen LogP contribution is -2.24. The van der Waals surface area contributed by atoms with Gasteiger partial charge in [-0.3, -0.25) is 9.59 Å². The van der Waals surface area contributed by atoms with Gasteiger partial charge in [0.1, 0.15) is 10.9 Å². The van der Waals surface area contributed by atoms with Crippen LogP contribution < -0.4 is 0 Å². The first-order valence-electron chi connectivity index (χ1n) is 7.87. The number of aromatic nitrogens is 2. The monoisotopic (exact) mass is 452 g/mol. The molecule has 1 aliphatic carbocycles. The summed E-state index contributed by atoms with van der Waals surface area (Å²) in [5.41, 5.74) is -0.170. The molecule has 1 aromatic carbocycles. The second kappa shape index (κ2) is 7.20. The van der Waals surface area contributed by atoms with Gasteiger partial charge in [-0.2, -0.15) is 13.2 Å². The molecule has 2 aromatic rings. The maximum atomic E-state index is 13.0. The predicted octanol–water partition coefficient (Wildman–Crippen LogP) is 3.56. The van der Waals surface area contributed by atoms with Gasteiger partial charge < -0.3 is 0 Å². The third kappa shape index (κ3) is 4.26. The zero-order valence-electron chi connectivity index (χ0n) is 14.2. The van der Waals surface area contributed by atoms with Crippen molar-refractivity contribution in [2.24, 2.45) is 5.92 Å². The highest BCUT2D eigenvalue weighted by Gasteiger charge is 2.44. The Labute approximate surface area is 166 Å². The maximum Gasteiger partial charge on any atom is 0.445 e. The summed E-state index contributed by atoms with van der Waals surface area (Å²) >= 11 is 6.16. The largest absolute Gasteiger partial charge is 0.445 e. The van der Waals surface area contributed by atoms with E-state index in [0.29, 0.717) is 12.8 Å². The highest BCUT2D eigenvalue weighted by molar-refractivity contribution is 7.90. The summed E-state index contributed by atoms with van der Waals surface area (Å²) in [6.45, 7) is 0. The first kappa shape index (κ1) is 20.9. The van der Waals surface area contributed by atoms with Gasteiger partial charge in [0.05, 0.1) is 9.92 Å². The lowest BCUT2D eigenvalue weighted by atomic mass is 9.92. The first-order chi connectivity index (χ1) is 12.9. The van der Waals surface area contributed by atoms with E-state index in [0.717, 1.165) is 24.5 Å². The predicted molar refractivity (Wildman–Crippen MR) is 94.3 cm³/mol. The number of Topliss-reactive ketones (excluding diaryl/α,β-unsaturated/α-hetero) is 2. The Kier molecular flexibility index (Phi) is 5.36. The van der Waals surface area contributed by atoms with Gasteiger partial charge in [-0.1, -0.05) is 22.9 Å². The summed E-state index contributed by atoms with van der Waals surface area (Å²) in [4.78, 5) is 25.4. The Morgan fingerprint density at radius 2 is 1.89 bits per heavy atom. The number of alkyl halides is 3. The number of hydrogen-bond donors (Lipinski definition) is 0. The van der Waals surface area contributed by atoms with Gasteiger partial charge in [0, 0.05) is 17.7 Å². The van der Waals surface area contributed by atoms with Crippen LogP contribution in [-0.4, -0.2) is 36.4 Å². The molecular weight excluding hydrogens is 441 g/mol. The summed E-state index contributed by atoms with van der Waals surface area (Å²) in [5, 5.41) is 4.61. The number of halogens is 4. The second-order valence-corrected chi connectivity index (χ2v) is 9.76. The molecule has 1 saturated carbocycles. The summed E-state index contributed by atoms with van der Waals surface area (Å²) in [5.74, 6) is -3.38. The smallest absolute Gasteiger partial charge is 0.298 e. The molecule has 3 rings (SSSR count). The zero-order valence-corrected chi connectivity index (χ0v) is 16.5. The van der Waals surface area contributed by atoms with Crippen molar-refractivity contribution in [3.05, 3.63) is 38.8 Å². The van der Waals surface area contributed by atoms with Gasteiger partial charge in [0.15, 0.2) is 21.4 Å². The fourth-order valence-electron chi connectivity index (χ4n) is 2.51. The van der Waals surface area contributed by atoms with E-state index in [1.165, 1.54) is 0 Å². The van der Waals surface area contributed by atoms with Crippen molar-refractivity contribution in [1.29, 1.82) is 0 Å². The molecule has 0 radical (unpaired) electrons. The molecule has 0 N–H and O–H groups in total. The number of carbonyl (C=O) groups excluding carboxylic acids is 2. The number of nitrogens with zero attached hydrogens (tertiary/aromatic N) is 2. The molecule has 12 heteroatoms.